The minimum Gasteiger partial charge on any atom is -0.444 e. The number of hydrogen-bond donors (Lipinski definition) is 3. The molecule has 1 heterocycles. The predicted octanol–water partition coefficient (Wildman–Crippen LogP) is 4.45. The minimum atomic E-state index is -0.462. The molecule has 2 aliphatic rings. The average Bonchev–Trinajstić information content (AvgIpc) is 2.64. The summed E-state index contributed by atoms with van der Waals surface area (Å²) in [6.45, 7) is 14.2. The molecule has 0 bridgehead atoms. The highest BCUT2D eigenvalue weighted by Gasteiger charge is 2.35. The Balaban J connectivity index is 0.00000480. The van der Waals surface area contributed by atoms with Crippen molar-refractivity contribution in [2.24, 2.45) is 16.3 Å². The number of ether oxygens (including phenoxy) is 2. The lowest BCUT2D eigenvalue weighted by molar-refractivity contribution is -0.0835. The molecular formula is C23H45IN4O3. The van der Waals surface area contributed by atoms with Gasteiger partial charge < -0.3 is 25.4 Å². The summed E-state index contributed by atoms with van der Waals surface area (Å²) in [5.74, 6) is 1.35. The molecule has 7 nitrogen and oxygen atoms in total. The van der Waals surface area contributed by atoms with E-state index in [2.05, 4.69) is 41.7 Å². The second-order valence-corrected chi connectivity index (χ2v) is 10.9. The summed E-state index contributed by atoms with van der Waals surface area (Å²) in [6.07, 6.45) is 6.14. The third-order valence-corrected chi connectivity index (χ3v) is 5.84. The first kappa shape index (κ1) is 28.3. The van der Waals surface area contributed by atoms with Crippen LogP contribution in [0.5, 0.6) is 0 Å². The molecule has 182 valence electrons. The maximum absolute atomic E-state index is 12.0. The van der Waals surface area contributed by atoms with Crippen LogP contribution in [-0.4, -0.2) is 56.0 Å². The van der Waals surface area contributed by atoms with Crippen LogP contribution in [-0.2, 0) is 9.47 Å². The van der Waals surface area contributed by atoms with Gasteiger partial charge >= 0.3 is 6.09 Å². The van der Waals surface area contributed by atoms with Gasteiger partial charge in [0.15, 0.2) is 5.96 Å². The van der Waals surface area contributed by atoms with Crippen molar-refractivity contribution in [2.75, 3.05) is 20.2 Å². The third-order valence-electron chi connectivity index (χ3n) is 5.84. The van der Waals surface area contributed by atoms with Crippen LogP contribution in [0.4, 0.5) is 4.79 Å². The lowest BCUT2D eigenvalue weighted by Crippen LogP contribution is -2.50. The number of rotatable bonds is 4. The van der Waals surface area contributed by atoms with E-state index in [1.165, 1.54) is 6.42 Å². The number of nitrogens with one attached hydrogen (secondary N) is 3. The van der Waals surface area contributed by atoms with Gasteiger partial charge in [0.25, 0.3) is 0 Å². The number of carbonyl (C=O) groups excluding carboxylic acids is 1. The summed E-state index contributed by atoms with van der Waals surface area (Å²) in [5, 5.41) is 10.1. The largest absolute Gasteiger partial charge is 0.444 e. The highest BCUT2D eigenvalue weighted by molar-refractivity contribution is 14.0. The van der Waals surface area contributed by atoms with Crippen LogP contribution in [0.3, 0.4) is 0 Å². The Bertz CT molecular complexity index is 578. The van der Waals surface area contributed by atoms with Crippen LogP contribution in [0.2, 0.25) is 0 Å². The molecule has 0 aromatic rings. The fourth-order valence-corrected chi connectivity index (χ4v) is 4.48. The van der Waals surface area contributed by atoms with Crippen LogP contribution in [0, 0.1) is 11.3 Å². The Kier molecular flexibility index (Phi) is 11.4. The number of carbonyl (C=O) groups is 1. The van der Waals surface area contributed by atoms with Gasteiger partial charge in [0.05, 0.1) is 6.10 Å². The highest BCUT2D eigenvalue weighted by Crippen LogP contribution is 2.33. The highest BCUT2D eigenvalue weighted by atomic mass is 127. The maximum atomic E-state index is 12.0. The number of nitrogens with zero attached hydrogens (tertiary/aromatic N) is 1. The van der Waals surface area contributed by atoms with Gasteiger partial charge in [-0.25, -0.2) is 4.79 Å². The van der Waals surface area contributed by atoms with Crippen molar-refractivity contribution in [3.05, 3.63) is 0 Å². The Hall–Kier alpha value is -0.770. The Morgan fingerprint density at radius 1 is 1.00 bits per heavy atom. The van der Waals surface area contributed by atoms with Gasteiger partial charge in [0.2, 0.25) is 0 Å². The molecule has 2 atom stereocenters. The monoisotopic (exact) mass is 552 g/mol. The number of halogens is 1. The van der Waals surface area contributed by atoms with Gasteiger partial charge in [-0.3, -0.25) is 4.99 Å². The summed E-state index contributed by atoms with van der Waals surface area (Å²) in [7, 11) is 1.82. The fraction of sp³-hybridized carbons (Fsp3) is 0.913. The van der Waals surface area contributed by atoms with Gasteiger partial charge in [-0.2, -0.15) is 0 Å². The lowest BCUT2D eigenvalue weighted by atomic mass is 9.78. The summed E-state index contributed by atoms with van der Waals surface area (Å²) in [4.78, 5) is 16.4. The first-order chi connectivity index (χ1) is 14.0. The molecule has 8 heteroatoms. The van der Waals surface area contributed by atoms with Crippen LogP contribution < -0.4 is 16.0 Å². The number of hydrogen-bond acceptors (Lipinski definition) is 4. The van der Waals surface area contributed by atoms with E-state index in [9.17, 15) is 4.79 Å². The van der Waals surface area contributed by atoms with Crippen molar-refractivity contribution in [1.82, 2.24) is 16.0 Å². The average molecular weight is 553 g/mol. The smallest absolute Gasteiger partial charge is 0.407 e. The molecule has 0 radical (unpaired) electrons. The number of amides is 1. The van der Waals surface area contributed by atoms with Crippen LogP contribution >= 0.6 is 24.0 Å². The van der Waals surface area contributed by atoms with E-state index in [1.54, 1.807) is 0 Å². The van der Waals surface area contributed by atoms with Gasteiger partial charge in [-0.1, -0.05) is 20.8 Å². The Morgan fingerprint density at radius 3 is 2.10 bits per heavy atom. The third kappa shape index (κ3) is 10.1. The number of aliphatic imine (C=N–C) groups is 1. The van der Waals surface area contributed by atoms with Gasteiger partial charge in [-0.15, -0.1) is 24.0 Å². The summed E-state index contributed by atoms with van der Waals surface area (Å²) < 4.78 is 11.5. The molecule has 2 fully saturated rings. The Labute approximate surface area is 206 Å². The zero-order valence-electron chi connectivity index (χ0n) is 20.5. The quantitative estimate of drug-likeness (QED) is 0.273. The first-order valence-corrected chi connectivity index (χ1v) is 11.6. The zero-order valence-corrected chi connectivity index (χ0v) is 22.9. The molecule has 2 rings (SSSR count). The fourth-order valence-electron chi connectivity index (χ4n) is 4.48. The number of guanidine groups is 1. The van der Waals surface area contributed by atoms with E-state index in [1.807, 2.05) is 27.8 Å². The van der Waals surface area contributed by atoms with Crippen LogP contribution in [0.25, 0.3) is 0 Å². The standard InChI is InChI=1S/C23H44N4O3.HI/c1-22(2,3)19-16(9-8-14-29-19)15-25-20(24-7)26-17-10-12-18(13-11-17)27-21(28)30-23(4,5)6;/h16-19H,8-15H2,1-7H3,(H,27,28)(H2,24,25,26);1H. The normalized spacial score (nSPS) is 27.6. The molecule has 3 N–H and O–H groups in total. The topological polar surface area (TPSA) is 84.0 Å². The van der Waals surface area contributed by atoms with Crippen molar-refractivity contribution in [3.63, 3.8) is 0 Å². The van der Waals surface area contributed by atoms with Gasteiger partial charge in [-0.05, 0) is 64.7 Å². The summed E-state index contributed by atoms with van der Waals surface area (Å²) in [5.41, 5.74) is -0.320. The molecule has 1 saturated heterocycles. The summed E-state index contributed by atoms with van der Waals surface area (Å²) >= 11 is 0. The van der Waals surface area contributed by atoms with Gasteiger partial charge in [0.1, 0.15) is 5.60 Å². The molecule has 1 amide bonds. The predicted molar refractivity (Wildman–Crippen MR) is 137 cm³/mol. The van der Waals surface area contributed by atoms with E-state index < -0.39 is 5.60 Å². The summed E-state index contributed by atoms with van der Waals surface area (Å²) in [6, 6.07) is 0.550. The van der Waals surface area contributed by atoms with Crippen LogP contribution in [0.15, 0.2) is 4.99 Å². The Morgan fingerprint density at radius 2 is 1.58 bits per heavy atom. The minimum absolute atomic E-state index is 0. The maximum Gasteiger partial charge on any atom is 0.407 e. The van der Waals surface area contributed by atoms with E-state index in [0.717, 1.165) is 51.2 Å². The first-order valence-electron chi connectivity index (χ1n) is 11.6. The number of alkyl carbamates (subject to hydrolysis) is 1. The molecule has 31 heavy (non-hydrogen) atoms. The molecule has 0 aromatic heterocycles. The van der Waals surface area contributed by atoms with E-state index in [4.69, 9.17) is 9.47 Å². The zero-order chi connectivity index (χ0) is 22.4. The van der Waals surface area contributed by atoms with E-state index in [-0.39, 0.29) is 47.6 Å². The van der Waals surface area contributed by atoms with Crippen molar-refractivity contribution in [1.29, 1.82) is 0 Å². The molecule has 1 aliphatic heterocycles. The molecule has 1 saturated carbocycles. The van der Waals surface area contributed by atoms with Crippen molar-refractivity contribution in [2.45, 2.75) is 104 Å². The van der Waals surface area contributed by atoms with Gasteiger partial charge in [0, 0.05) is 38.2 Å². The molecule has 2 unspecified atom stereocenters. The van der Waals surface area contributed by atoms with Crippen LogP contribution in [0.1, 0.15) is 80.1 Å². The molecule has 0 spiro atoms. The SMILES string of the molecule is CN=C(NCC1CCCOC1C(C)(C)C)NC1CCC(NC(=O)OC(C)(C)C)CC1.I. The second kappa shape index (κ2) is 12.5. The van der Waals surface area contributed by atoms with Crippen molar-refractivity contribution in [3.8, 4) is 0 Å². The molecule has 1 aliphatic carbocycles. The second-order valence-electron chi connectivity index (χ2n) is 10.9. The molecule has 0 aromatic carbocycles. The lowest BCUT2D eigenvalue weighted by Gasteiger charge is -2.40. The van der Waals surface area contributed by atoms with Crippen molar-refractivity contribution < 1.29 is 14.3 Å². The van der Waals surface area contributed by atoms with E-state index in [0.29, 0.717) is 12.0 Å². The van der Waals surface area contributed by atoms with Crippen molar-refractivity contribution >= 4 is 36.0 Å². The molecular weight excluding hydrogens is 507 g/mol. The van der Waals surface area contributed by atoms with E-state index >= 15 is 0 Å².